The van der Waals surface area contributed by atoms with Gasteiger partial charge in [-0.2, -0.15) is 0 Å². The molecule has 0 unspecified atom stereocenters. The summed E-state index contributed by atoms with van der Waals surface area (Å²) in [7, 11) is 8.33. The molecular formula is C26H34N6S. The van der Waals surface area contributed by atoms with Crippen LogP contribution in [0.4, 0.5) is 5.69 Å². The number of nitrogens with zero attached hydrogens (tertiary/aromatic N) is 5. The van der Waals surface area contributed by atoms with Gasteiger partial charge in [0.1, 0.15) is 0 Å². The second kappa shape index (κ2) is 9.53. The molecule has 174 valence electrons. The predicted molar refractivity (Wildman–Crippen MR) is 140 cm³/mol. The third kappa shape index (κ3) is 4.61. The van der Waals surface area contributed by atoms with Crippen LogP contribution in [0, 0.1) is 13.8 Å². The van der Waals surface area contributed by atoms with Crippen LogP contribution in [0.3, 0.4) is 0 Å². The second-order valence-electron chi connectivity index (χ2n) is 9.20. The molecule has 3 heterocycles. The number of aryl methyl sites for hydroxylation is 1. The van der Waals surface area contributed by atoms with E-state index in [1.807, 2.05) is 18.3 Å². The van der Waals surface area contributed by atoms with Crippen LogP contribution in [-0.2, 0) is 0 Å². The average Bonchev–Trinajstić information content (AvgIpc) is 3.27. The molecule has 6 nitrogen and oxygen atoms in total. The van der Waals surface area contributed by atoms with Gasteiger partial charge >= 0.3 is 0 Å². The molecule has 2 aromatic heterocycles. The number of anilines is 1. The molecule has 0 amide bonds. The summed E-state index contributed by atoms with van der Waals surface area (Å²) in [5.41, 5.74) is 7.10. The van der Waals surface area contributed by atoms with E-state index in [2.05, 4.69) is 108 Å². The maximum atomic E-state index is 5.82. The van der Waals surface area contributed by atoms with Gasteiger partial charge in [0.15, 0.2) is 5.11 Å². The molecule has 0 radical (unpaired) electrons. The third-order valence-corrected chi connectivity index (χ3v) is 6.75. The van der Waals surface area contributed by atoms with E-state index < -0.39 is 0 Å². The molecule has 0 saturated carbocycles. The Morgan fingerprint density at radius 2 is 1.76 bits per heavy atom. The van der Waals surface area contributed by atoms with Gasteiger partial charge in [0.25, 0.3) is 0 Å². The van der Waals surface area contributed by atoms with Crippen molar-refractivity contribution in [3.8, 4) is 5.69 Å². The minimum Gasteiger partial charge on any atom is -0.378 e. The van der Waals surface area contributed by atoms with Gasteiger partial charge in [-0.25, -0.2) is 0 Å². The summed E-state index contributed by atoms with van der Waals surface area (Å²) in [5.74, 6) is 0. The summed E-state index contributed by atoms with van der Waals surface area (Å²) in [6, 6.07) is 17.2. The van der Waals surface area contributed by atoms with Gasteiger partial charge in [-0.1, -0.05) is 6.07 Å². The smallest absolute Gasteiger partial charge is 0.170 e. The van der Waals surface area contributed by atoms with Gasteiger partial charge < -0.3 is 24.6 Å². The standard InChI is InChI=1S/C26H34N6S/c1-18-17-22(19(2)32(18)21-12-10-20(11-13-21)30(5)6)25-24(23-9-7-8-14-27-23)28-26(33)31(25)16-15-29(3)4/h7-14,17,24-25H,15-16H2,1-6H3,(H,28,33)/t24-,25-/m1/s1. The lowest BCUT2D eigenvalue weighted by Gasteiger charge is -2.29. The van der Waals surface area contributed by atoms with Crippen LogP contribution in [0.5, 0.6) is 0 Å². The van der Waals surface area contributed by atoms with E-state index in [0.717, 1.165) is 23.9 Å². The fraction of sp³-hybridized carbons (Fsp3) is 0.385. The first-order valence-corrected chi connectivity index (χ1v) is 11.8. The van der Waals surface area contributed by atoms with Crippen molar-refractivity contribution in [1.82, 2.24) is 24.7 Å². The number of thiocarbonyl (C=S) groups is 1. The van der Waals surface area contributed by atoms with Crippen LogP contribution < -0.4 is 10.2 Å². The monoisotopic (exact) mass is 462 g/mol. The molecule has 1 fully saturated rings. The maximum Gasteiger partial charge on any atom is 0.170 e. The van der Waals surface area contributed by atoms with Crippen molar-refractivity contribution in [1.29, 1.82) is 0 Å². The SMILES string of the molecule is Cc1cc([C@@H]2[C@@H](c3ccccn3)NC(=S)N2CCN(C)C)c(C)n1-c1ccc(N(C)C)cc1. The highest BCUT2D eigenvalue weighted by molar-refractivity contribution is 7.80. The lowest BCUT2D eigenvalue weighted by atomic mass is 9.97. The van der Waals surface area contributed by atoms with Gasteiger partial charge in [0.2, 0.25) is 0 Å². The van der Waals surface area contributed by atoms with Crippen molar-refractivity contribution in [2.45, 2.75) is 25.9 Å². The molecule has 1 saturated heterocycles. The highest BCUT2D eigenvalue weighted by atomic mass is 32.1. The summed E-state index contributed by atoms with van der Waals surface area (Å²) in [4.78, 5) is 11.3. The molecular weight excluding hydrogens is 428 g/mol. The highest BCUT2D eigenvalue weighted by Gasteiger charge is 2.41. The summed E-state index contributed by atoms with van der Waals surface area (Å²) in [5, 5.41) is 4.36. The number of likely N-dealkylation sites (N-methyl/N-ethyl adjacent to an activating group) is 1. The Labute approximate surface area is 202 Å². The largest absolute Gasteiger partial charge is 0.378 e. The first-order valence-electron chi connectivity index (χ1n) is 11.4. The zero-order valence-electron chi connectivity index (χ0n) is 20.4. The Bertz CT molecular complexity index is 1100. The van der Waals surface area contributed by atoms with Gasteiger partial charge in [0.05, 0.1) is 17.8 Å². The van der Waals surface area contributed by atoms with Gasteiger partial charge in [-0.15, -0.1) is 0 Å². The lowest BCUT2D eigenvalue weighted by Crippen LogP contribution is -2.35. The Hall–Kier alpha value is -2.90. The Balaban J connectivity index is 1.77. The Morgan fingerprint density at radius 1 is 1.03 bits per heavy atom. The van der Waals surface area contributed by atoms with E-state index in [0.29, 0.717) is 0 Å². The highest BCUT2D eigenvalue weighted by Crippen LogP contribution is 2.41. The molecule has 0 aliphatic carbocycles. The van der Waals surface area contributed by atoms with Crippen LogP contribution in [0.1, 0.15) is 34.7 Å². The van der Waals surface area contributed by atoms with Crippen LogP contribution in [-0.4, -0.2) is 65.7 Å². The fourth-order valence-electron chi connectivity index (χ4n) is 4.68. The van der Waals surface area contributed by atoms with Crippen molar-refractivity contribution in [2.75, 3.05) is 46.2 Å². The van der Waals surface area contributed by atoms with Crippen LogP contribution >= 0.6 is 12.2 Å². The zero-order chi connectivity index (χ0) is 23.7. The number of hydrogen-bond donors (Lipinski definition) is 1. The summed E-state index contributed by atoms with van der Waals surface area (Å²) >= 11 is 5.82. The van der Waals surface area contributed by atoms with E-state index >= 15 is 0 Å². The predicted octanol–water partition coefficient (Wildman–Crippen LogP) is 4.09. The molecule has 1 aliphatic heterocycles. The molecule has 3 aromatic rings. The van der Waals surface area contributed by atoms with Crippen molar-refractivity contribution >= 4 is 23.0 Å². The van der Waals surface area contributed by atoms with Gasteiger partial charge in [-0.3, -0.25) is 4.98 Å². The number of benzene rings is 1. The Kier molecular flexibility index (Phi) is 6.72. The zero-order valence-corrected chi connectivity index (χ0v) is 21.2. The van der Waals surface area contributed by atoms with Crippen molar-refractivity contribution in [3.05, 3.63) is 77.4 Å². The van der Waals surface area contributed by atoms with Gasteiger partial charge in [-0.05, 0) is 88.2 Å². The molecule has 33 heavy (non-hydrogen) atoms. The molecule has 0 bridgehead atoms. The van der Waals surface area contributed by atoms with Crippen LogP contribution in [0.2, 0.25) is 0 Å². The van der Waals surface area contributed by atoms with Crippen LogP contribution in [0.15, 0.2) is 54.7 Å². The minimum atomic E-state index is 0.00549. The minimum absolute atomic E-state index is 0.00549. The van der Waals surface area contributed by atoms with Gasteiger partial charge in [0, 0.05) is 56.1 Å². The van der Waals surface area contributed by atoms with Crippen molar-refractivity contribution in [2.24, 2.45) is 0 Å². The van der Waals surface area contributed by atoms with Crippen molar-refractivity contribution in [3.63, 3.8) is 0 Å². The number of nitrogens with one attached hydrogen (secondary N) is 1. The molecule has 2 atom stereocenters. The third-order valence-electron chi connectivity index (χ3n) is 6.40. The van der Waals surface area contributed by atoms with E-state index in [-0.39, 0.29) is 12.1 Å². The van der Waals surface area contributed by atoms with Crippen LogP contribution in [0.25, 0.3) is 5.69 Å². The summed E-state index contributed by atoms with van der Waals surface area (Å²) < 4.78 is 2.34. The fourth-order valence-corrected chi connectivity index (χ4v) is 5.01. The maximum absolute atomic E-state index is 5.82. The Morgan fingerprint density at radius 3 is 2.36 bits per heavy atom. The quantitative estimate of drug-likeness (QED) is 0.534. The van der Waals surface area contributed by atoms with E-state index in [1.54, 1.807) is 0 Å². The number of hydrogen-bond acceptors (Lipinski definition) is 4. The molecule has 4 rings (SSSR count). The number of aromatic nitrogens is 2. The molecule has 1 aromatic carbocycles. The van der Waals surface area contributed by atoms with E-state index in [9.17, 15) is 0 Å². The molecule has 1 N–H and O–H groups in total. The summed E-state index contributed by atoms with van der Waals surface area (Å²) in [6.07, 6.45) is 1.86. The van der Waals surface area contributed by atoms with E-state index in [4.69, 9.17) is 12.2 Å². The van der Waals surface area contributed by atoms with E-state index in [1.165, 1.54) is 28.3 Å². The second-order valence-corrected chi connectivity index (χ2v) is 9.58. The van der Waals surface area contributed by atoms with Crippen molar-refractivity contribution < 1.29 is 0 Å². The first kappa shape index (κ1) is 23.3. The molecule has 1 aliphatic rings. The number of pyridine rings is 1. The lowest BCUT2D eigenvalue weighted by molar-refractivity contribution is 0.277. The first-order chi connectivity index (χ1) is 15.8. The topological polar surface area (TPSA) is 39.6 Å². The normalized spacial score (nSPS) is 18.2. The number of rotatable bonds is 7. The average molecular weight is 463 g/mol. The molecule has 7 heteroatoms. The molecule has 0 spiro atoms. The summed E-state index contributed by atoms with van der Waals surface area (Å²) in [6.45, 7) is 6.17.